The van der Waals surface area contributed by atoms with Crippen LogP contribution in [0.3, 0.4) is 0 Å². The maximum absolute atomic E-state index is 13.0. The second kappa shape index (κ2) is 9.30. The standard InChI is InChI=1S/C29H32N4O2/c1-18-16-33(27(35)12-20-7-8-20)10-9-24(18)25-17-32(3)29-28(25)19(2)23(15-31-29)13-26(34)22-6-4-5-21(11-22)14-30/h4-6,11,15,17-18,20,24H,7-10,12-13,16H2,1-3H3/t18-,24+/m0/s1. The van der Waals surface area contributed by atoms with Crippen LogP contribution in [0.15, 0.2) is 36.7 Å². The highest BCUT2D eigenvalue weighted by atomic mass is 16.2. The van der Waals surface area contributed by atoms with E-state index in [2.05, 4.69) is 35.6 Å². The summed E-state index contributed by atoms with van der Waals surface area (Å²) in [5.74, 6) is 1.62. The van der Waals surface area contributed by atoms with Crippen LogP contribution in [-0.2, 0) is 18.3 Å². The molecule has 2 aliphatic rings. The van der Waals surface area contributed by atoms with Gasteiger partial charge in [-0.1, -0.05) is 19.1 Å². The van der Waals surface area contributed by atoms with Gasteiger partial charge in [0.25, 0.3) is 0 Å². The summed E-state index contributed by atoms with van der Waals surface area (Å²) >= 11 is 0. The van der Waals surface area contributed by atoms with E-state index < -0.39 is 0 Å². The molecule has 1 saturated carbocycles. The van der Waals surface area contributed by atoms with Crippen molar-refractivity contribution in [1.29, 1.82) is 5.26 Å². The fourth-order valence-electron chi connectivity index (χ4n) is 5.60. The first-order valence-electron chi connectivity index (χ1n) is 12.6. The van der Waals surface area contributed by atoms with Gasteiger partial charge < -0.3 is 9.47 Å². The van der Waals surface area contributed by atoms with Crippen LogP contribution in [0.5, 0.6) is 0 Å². The quantitative estimate of drug-likeness (QED) is 0.481. The summed E-state index contributed by atoms with van der Waals surface area (Å²) in [5.41, 5.74) is 5.25. The third kappa shape index (κ3) is 4.60. The summed E-state index contributed by atoms with van der Waals surface area (Å²) in [7, 11) is 2.02. The molecule has 1 aliphatic carbocycles. The summed E-state index contributed by atoms with van der Waals surface area (Å²) in [6, 6.07) is 8.97. The Balaban J connectivity index is 1.41. The number of aromatic nitrogens is 2. The Morgan fingerprint density at radius 1 is 1.23 bits per heavy atom. The van der Waals surface area contributed by atoms with E-state index in [1.54, 1.807) is 24.3 Å². The van der Waals surface area contributed by atoms with Crippen LogP contribution >= 0.6 is 0 Å². The Hall–Kier alpha value is -3.46. The van der Waals surface area contributed by atoms with Crippen molar-refractivity contribution in [1.82, 2.24) is 14.5 Å². The smallest absolute Gasteiger partial charge is 0.222 e. The van der Waals surface area contributed by atoms with Crippen molar-refractivity contribution in [2.24, 2.45) is 18.9 Å². The third-order valence-corrected chi connectivity index (χ3v) is 7.86. The third-order valence-electron chi connectivity index (χ3n) is 7.86. The van der Waals surface area contributed by atoms with E-state index in [1.807, 2.05) is 13.2 Å². The molecule has 3 aromatic rings. The molecule has 1 amide bonds. The van der Waals surface area contributed by atoms with Crippen LogP contribution in [-0.4, -0.2) is 39.2 Å². The number of benzene rings is 1. The van der Waals surface area contributed by atoms with E-state index in [9.17, 15) is 9.59 Å². The van der Waals surface area contributed by atoms with Gasteiger partial charge in [-0.25, -0.2) is 4.98 Å². The Morgan fingerprint density at radius 3 is 2.74 bits per heavy atom. The van der Waals surface area contributed by atoms with E-state index in [0.29, 0.717) is 41.2 Å². The Bertz CT molecular complexity index is 1340. The van der Waals surface area contributed by atoms with Crippen molar-refractivity contribution < 1.29 is 9.59 Å². The summed E-state index contributed by atoms with van der Waals surface area (Å²) in [6.07, 6.45) is 8.32. The molecule has 0 unspecified atom stereocenters. The van der Waals surface area contributed by atoms with Gasteiger partial charge in [0.15, 0.2) is 5.78 Å². The van der Waals surface area contributed by atoms with Gasteiger partial charge in [-0.3, -0.25) is 9.59 Å². The molecule has 6 heteroatoms. The lowest BCUT2D eigenvalue weighted by Crippen LogP contribution is -2.42. The molecule has 2 aromatic heterocycles. The number of piperidine rings is 1. The van der Waals surface area contributed by atoms with E-state index in [4.69, 9.17) is 10.2 Å². The molecule has 3 heterocycles. The molecule has 5 rings (SSSR count). The van der Waals surface area contributed by atoms with Gasteiger partial charge in [-0.05, 0) is 72.8 Å². The van der Waals surface area contributed by atoms with Crippen molar-refractivity contribution in [3.8, 4) is 6.07 Å². The highest BCUT2D eigenvalue weighted by Crippen LogP contribution is 2.40. The number of fused-ring (bicyclic) bond motifs is 1. The lowest BCUT2D eigenvalue weighted by molar-refractivity contribution is -0.133. The number of amides is 1. The number of aryl methyl sites for hydroxylation is 2. The number of Topliss-reactive ketones (excluding diaryl/α,β-unsaturated/α-hetero) is 1. The molecular weight excluding hydrogens is 436 g/mol. The van der Waals surface area contributed by atoms with Gasteiger partial charge in [0.05, 0.1) is 11.6 Å². The van der Waals surface area contributed by atoms with Gasteiger partial charge in [0.1, 0.15) is 5.65 Å². The zero-order valence-electron chi connectivity index (χ0n) is 20.8. The van der Waals surface area contributed by atoms with Gasteiger partial charge >= 0.3 is 0 Å². The number of hydrogen-bond donors (Lipinski definition) is 0. The number of carbonyl (C=O) groups is 2. The van der Waals surface area contributed by atoms with Gasteiger partial charge in [0, 0.05) is 56.3 Å². The molecule has 180 valence electrons. The first-order chi connectivity index (χ1) is 16.9. The number of hydrogen-bond acceptors (Lipinski definition) is 4. The number of carbonyl (C=O) groups excluding carboxylic acids is 2. The number of nitrogens with zero attached hydrogens (tertiary/aromatic N) is 4. The van der Waals surface area contributed by atoms with Gasteiger partial charge in [-0.2, -0.15) is 5.26 Å². The predicted octanol–water partition coefficient (Wildman–Crippen LogP) is 4.93. The van der Waals surface area contributed by atoms with Crippen LogP contribution in [0.1, 0.15) is 71.1 Å². The Labute approximate surface area is 206 Å². The number of ketones is 1. The monoisotopic (exact) mass is 468 g/mol. The molecule has 0 radical (unpaired) electrons. The van der Waals surface area contributed by atoms with E-state index in [0.717, 1.165) is 41.7 Å². The molecule has 2 atom stereocenters. The topological polar surface area (TPSA) is 79.0 Å². The molecule has 1 saturated heterocycles. The second-order valence-electron chi connectivity index (χ2n) is 10.5. The fourth-order valence-corrected chi connectivity index (χ4v) is 5.60. The van der Waals surface area contributed by atoms with Crippen LogP contribution in [0.4, 0.5) is 0 Å². The lowest BCUT2D eigenvalue weighted by Gasteiger charge is -2.37. The van der Waals surface area contributed by atoms with Gasteiger partial charge in [-0.15, -0.1) is 0 Å². The zero-order chi connectivity index (χ0) is 24.7. The van der Waals surface area contributed by atoms with Crippen molar-refractivity contribution in [3.63, 3.8) is 0 Å². The fraction of sp³-hybridized carbons (Fsp3) is 0.448. The second-order valence-corrected chi connectivity index (χ2v) is 10.5. The van der Waals surface area contributed by atoms with Crippen molar-refractivity contribution in [3.05, 3.63) is 64.5 Å². The molecule has 0 spiro atoms. The van der Waals surface area contributed by atoms with E-state index in [1.165, 1.54) is 18.4 Å². The maximum atomic E-state index is 13.0. The van der Waals surface area contributed by atoms with Crippen LogP contribution in [0, 0.1) is 30.1 Å². The molecular formula is C29H32N4O2. The van der Waals surface area contributed by atoms with Crippen LogP contribution in [0.2, 0.25) is 0 Å². The molecule has 1 aromatic carbocycles. The zero-order valence-corrected chi connectivity index (χ0v) is 20.8. The normalized spacial score (nSPS) is 20.1. The largest absolute Gasteiger partial charge is 0.342 e. The van der Waals surface area contributed by atoms with Crippen LogP contribution < -0.4 is 0 Å². The van der Waals surface area contributed by atoms with Crippen molar-refractivity contribution in [2.75, 3.05) is 13.1 Å². The highest BCUT2D eigenvalue weighted by molar-refractivity contribution is 5.98. The minimum atomic E-state index is -0.0142. The maximum Gasteiger partial charge on any atom is 0.222 e. The molecule has 35 heavy (non-hydrogen) atoms. The average Bonchev–Trinajstić information content (AvgIpc) is 3.61. The molecule has 0 bridgehead atoms. The van der Waals surface area contributed by atoms with Crippen molar-refractivity contribution in [2.45, 2.75) is 51.9 Å². The summed E-state index contributed by atoms with van der Waals surface area (Å²) < 4.78 is 2.08. The summed E-state index contributed by atoms with van der Waals surface area (Å²) in [6.45, 7) is 5.93. The molecule has 6 nitrogen and oxygen atoms in total. The number of rotatable bonds is 6. The molecule has 1 aliphatic heterocycles. The summed E-state index contributed by atoms with van der Waals surface area (Å²) in [4.78, 5) is 32.5. The van der Waals surface area contributed by atoms with Crippen molar-refractivity contribution >= 4 is 22.7 Å². The minimum absolute atomic E-state index is 0.0142. The number of nitriles is 1. The van der Waals surface area contributed by atoms with Gasteiger partial charge in [0.2, 0.25) is 5.91 Å². The lowest BCUT2D eigenvalue weighted by atomic mass is 9.80. The van der Waals surface area contributed by atoms with E-state index >= 15 is 0 Å². The first kappa shape index (κ1) is 23.3. The first-order valence-corrected chi connectivity index (χ1v) is 12.6. The summed E-state index contributed by atoms with van der Waals surface area (Å²) in [5, 5.41) is 10.3. The Morgan fingerprint density at radius 2 is 2.03 bits per heavy atom. The average molecular weight is 469 g/mol. The Kier molecular flexibility index (Phi) is 6.19. The predicted molar refractivity (Wildman–Crippen MR) is 135 cm³/mol. The SMILES string of the molecule is Cc1c(CC(=O)c2cccc(C#N)c2)cnc2c1c([C@@H]1CCN(C(=O)CC3CC3)C[C@@H]1C)cn2C. The minimum Gasteiger partial charge on any atom is -0.342 e. The van der Waals surface area contributed by atoms with E-state index in [-0.39, 0.29) is 12.2 Å². The van der Waals surface area contributed by atoms with Crippen LogP contribution in [0.25, 0.3) is 11.0 Å². The number of pyridine rings is 1. The molecule has 0 N–H and O–H groups in total. The molecule has 2 fully saturated rings. The number of likely N-dealkylation sites (tertiary alicyclic amines) is 1. The highest BCUT2D eigenvalue weighted by Gasteiger charge is 2.34.